The van der Waals surface area contributed by atoms with E-state index in [-0.39, 0.29) is 0 Å². The van der Waals surface area contributed by atoms with Crippen LogP contribution in [0.2, 0.25) is 0 Å². The van der Waals surface area contributed by atoms with Gasteiger partial charge in [0.1, 0.15) is 0 Å². The smallest absolute Gasteiger partial charge is 0.168 e. The third-order valence-electron chi connectivity index (χ3n) is 3.52. The van der Waals surface area contributed by atoms with Crippen molar-refractivity contribution < 1.29 is 9.47 Å². The summed E-state index contributed by atoms with van der Waals surface area (Å²) in [7, 11) is 3.13. The van der Waals surface area contributed by atoms with Crippen molar-refractivity contribution in [2.75, 3.05) is 14.2 Å². The zero-order valence-corrected chi connectivity index (χ0v) is 12.9. The van der Waals surface area contributed by atoms with Gasteiger partial charge in [-0.05, 0) is 18.2 Å². The molecule has 0 amide bonds. The predicted octanol–water partition coefficient (Wildman–Crippen LogP) is 3.43. The van der Waals surface area contributed by atoms with Crippen molar-refractivity contribution in [3.05, 3.63) is 60.4 Å². The zero-order valence-electron chi connectivity index (χ0n) is 12.9. The van der Waals surface area contributed by atoms with Gasteiger partial charge in [-0.3, -0.25) is 0 Å². The van der Waals surface area contributed by atoms with Crippen LogP contribution in [-0.2, 0) is 0 Å². The lowest BCUT2D eigenvalue weighted by molar-refractivity contribution is 0.356. The number of ether oxygens (including phenoxy) is 2. The van der Waals surface area contributed by atoms with Crippen LogP contribution in [0, 0.1) is 11.3 Å². The summed E-state index contributed by atoms with van der Waals surface area (Å²) in [5, 5.41) is 13.6. The summed E-state index contributed by atoms with van der Waals surface area (Å²) in [4.78, 5) is 0. The van der Waals surface area contributed by atoms with Crippen LogP contribution < -0.4 is 9.47 Å². The molecule has 0 radical (unpaired) electrons. The summed E-state index contributed by atoms with van der Waals surface area (Å²) < 4.78 is 12.6. The van der Waals surface area contributed by atoms with E-state index in [1.807, 2.05) is 36.5 Å². The Balaban J connectivity index is 2.12. The lowest BCUT2D eigenvalue weighted by Gasteiger charge is -2.12. The first-order valence-corrected chi connectivity index (χ1v) is 7.03. The third-order valence-corrected chi connectivity index (χ3v) is 3.52. The van der Waals surface area contributed by atoms with Gasteiger partial charge in [0.05, 0.1) is 37.7 Å². The van der Waals surface area contributed by atoms with Crippen LogP contribution in [0.3, 0.4) is 0 Å². The Bertz CT molecular complexity index is 864. The van der Waals surface area contributed by atoms with Crippen LogP contribution in [0.25, 0.3) is 16.8 Å². The summed E-state index contributed by atoms with van der Waals surface area (Å²) in [6.45, 7) is 0. The molecular formula is C18H15N3O2. The van der Waals surface area contributed by atoms with E-state index < -0.39 is 0 Å². The van der Waals surface area contributed by atoms with Gasteiger partial charge >= 0.3 is 0 Å². The molecule has 0 saturated heterocycles. The van der Waals surface area contributed by atoms with Gasteiger partial charge in [-0.25, -0.2) is 4.68 Å². The first kappa shape index (κ1) is 14.7. The van der Waals surface area contributed by atoms with E-state index in [1.54, 1.807) is 37.2 Å². The second-order valence-corrected chi connectivity index (χ2v) is 4.88. The molecule has 0 spiro atoms. The van der Waals surface area contributed by atoms with Gasteiger partial charge in [0.2, 0.25) is 0 Å². The van der Waals surface area contributed by atoms with E-state index in [0.717, 1.165) is 16.8 Å². The van der Waals surface area contributed by atoms with Crippen LogP contribution >= 0.6 is 0 Å². The van der Waals surface area contributed by atoms with Gasteiger partial charge < -0.3 is 9.47 Å². The summed E-state index contributed by atoms with van der Waals surface area (Å²) in [5.41, 5.74) is 3.08. The summed E-state index contributed by atoms with van der Waals surface area (Å²) >= 11 is 0. The normalized spacial score (nSPS) is 10.1. The maximum atomic E-state index is 9.21. The van der Waals surface area contributed by atoms with E-state index in [9.17, 15) is 5.26 Å². The van der Waals surface area contributed by atoms with Gasteiger partial charge in [0.15, 0.2) is 11.5 Å². The van der Waals surface area contributed by atoms with Crippen LogP contribution in [0.15, 0.2) is 54.9 Å². The van der Waals surface area contributed by atoms with Crippen LogP contribution in [0.1, 0.15) is 5.56 Å². The number of hydrogen-bond acceptors (Lipinski definition) is 4. The fourth-order valence-electron chi connectivity index (χ4n) is 2.43. The highest BCUT2D eigenvalue weighted by Crippen LogP contribution is 2.39. The highest BCUT2D eigenvalue weighted by molar-refractivity contribution is 5.75. The van der Waals surface area contributed by atoms with E-state index >= 15 is 0 Å². The second kappa shape index (κ2) is 6.24. The molecule has 1 heterocycles. The Morgan fingerprint density at radius 1 is 1.09 bits per heavy atom. The molecule has 0 aliphatic carbocycles. The molecule has 0 fully saturated rings. The molecule has 3 aromatic rings. The van der Waals surface area contributed by atoms with Gasteiger partial charge in [0, 0.05) is 23.4 Å². The van der Waals surface area contributed by atoms with Crippen LogP contribution in [0.5, 0.6) is 11.5 Å². The number of methoxy groups -OCH3 is 2. The number of hydrogen-bond donors (Lipinski definition) is 0. The van der Waals surface area contributed by atoms with Crippen LogP contribution in [0.4, 0.5) is 0 Å². The third kappa shape index (κ3) is 2.74. The highest BCUT2D eigenvalue weighted by Gasteiger charge is 2.15. The maximum absolute atomic E-state index is 9.21. The van der Waals surface area contributed by atoms with E-state index in [2.05, 4.69) is 11.2 Å². The Morgan fingerprint density at radius 2 is 1.87 bits per heavy atom. The molecule has 3 rings (SSSR count). The monoisotopic (exact) mass is 305 g/mol. The van der Waals surface area contributed by atoms with Crippen molar-refractivity contribution >= 4 is 0 Å². The molecule has 0 N–H and O–H groups in total. The lowest BCUT2D eigenvalue weighted by atomic mass is 10.0. The molecule has 1 aromatic heterocycles. The maximum Gasteiger partial charge on any atom is 0.168 e. The fourth-order valence-corrected chi connectivity index (χ4v) is 2.43. The number of rotatable bonds is 4. The first-order valence-electron chi connectivity index (χ1n) is 7.03. The zero-order chi connectivity index (χ0) is 16.2. The fraction of sp³-hybridized carbons (Fsp3) is 0.111. The molecule has 0 atom stereocenters. The van der Waals surface area contributed by atoms with Gasteiger partial charge in [-0.2, -0.15) is 10.4 Å². The van der Waals surface area contributed by atoms with Crippen molar-refractivity contribution in [2.24, 2.45) is 0 Å². The molecule has 0 aliphatic rings. The second-order valence-electron chi connectivity index (χ2n) is 4.88. The molecule has 0 bridgehead atoms. The minimum atomic E-state index is 0.505. The van der Waals surface area contributed by atoms with Crippen molar-refractivity contribution in [3.8, 4) is 34.4 Å². The Hall–Kier alpha value is -3.26. The first-order chi connectivity index (χ1) is 11.3. The van der Waals surface area contributed by atoms with E-state index in [0.29, 0.717) is 17.1 Å². The molecule has 114 valence electrons. The largest absolute Gasteiger partial charge is 0.493 e. The number of aromatic nitrogens is 2. The van der Waals surface area contributed by atoms with Gasteiger partial charge in [-0.1, -0.05) is 18.2 Å². The van der Waals surface area contributed by atoms with Gasteiger partial charge in [0.25, 0.3) is 0 Å². The number of nitrogens with zero attached hydrogens (tertiary/aromatic N) is 3. The SMILES string of the molecule is COc1cc(C#N)cc(-c2cnn(-c3ccccc3)c2)c1OC. The molecule has 0 aliphatic heterocycles. The molecule has 0 unspecified atom stereocenters. The van der Waals surface area contributed by atoms with Crippen LogP contribution in [-0.4, -0.2) is 24.0 Å². The quantitative estimate of drug-likeness (QED) is 0.741. The van der Waals surface area contributed by atoms with Crippen molar-refractivity contribution in [1.82, 2.24) is 9.78 Å². The number of nitriles is 1. The average molecular weight is 305 g/mol. The average Bonchev–Trinajstić information content (AvgIpc) is 3.11. The molecule has 23 heavy (non-hydrogen) atoms. The summed E-state index contributed by atoms with van der Waals surface area (Å²) in [6.07, 6.45) is 3.64. The molecule has 0 saturated carbocycles. The predicted molar refractivity (Wildman–Crippen MR) is 86.8 cm³/mol. The standard InChI is InChI=1S/C18H15N3O2/c1-22-17-9-13(10-19)8-16(18(17)23-2)14-11-20-21(12-14)15-6-4-3-5-7-15/h3-9,11-12H,1-2H3. The Kier molecular flexibility index (Phi) is 3.98. The summed E-state index contributed by atoms with van der Waals surface area (Å²) in [6, 6.07) is 15.4. The molecule has 5 nitrogen and oxygen atoms in total. The minimum Gasteiger partial charge on any atom is -0.493 e. The lowest BCUT2D eigenvalue weighted by Crippen LogP contribution is -1.95. The van der Waals surface area contributed by atoms with E-state index in [4.69, 9.17) is 9.47 Å². The topological polar surface area (TPSA) is 60.1 Å². The molecule has 5 heteroatoms. The Labute approximate surface area is 134 Å². The molecule has 2 aromatic carbocycles. The number of para-hydroxylation sites is 1. The van der Waals surface area contributed by atoms with Gasteiger partial charge in [-0.15, -0.1) is 0 Å². The minimum absolute atomic E-state index is 0.505. The van der Waals surface area contributed by atoms with Crippen molar-refractivity contribution in [3.63, 3.8) is 0 Å². The van der Waals surface area contributed by atoms with Crippen molar-refractivity contribution in [2.45, 2.75) is 0 Å². The number of benzene rings is 2. The van der Waals surface area contributed by atoms with Crippen molar-refractivity contribution in [1.29, 1.82) is 5.26 Å². The molecular weight excluding hydrogens is 290 g/mol. The highest BCUT2D eigenvalue weighted by atomic mass is 16.5. The summed E-state index contributed by atoms with van der Waals surface area (Å²) in [5.74, 6) is 1.10. The van der Waals surface area contributed by atoms with E-state index in [1.165, 1.54) is 0 Å². The Morgan fingerprint density at radius 3 is 2.52 bits per heavy atom.